The Labute approximate surface area is 120 Å². The first-order valence-corrected chi connectivity index (χ1v) is 7.99. The van der Waals surface area contributed by atoms with Crippen molar-refractivity contribution in [2.24, 2.45) is 0 Å². The summed E-state index contributed by atoms with van der Waals surface area (Å²) in [6, 6.07) is 8.64. The highest BCUT2D eigenvalue weighted by Gasteiger charge is 2.17. The van der Waals surface area contributed by atoms with Crippen molar-refractivity contribution >= 4 is 11.8 Å². The number of methoxy groups -OCH3 is 1. The van der Waals surface area contributed by atoms with E-state index in [-0.39, 0.29) is 0 Å². The molecule has 2 atom stereocenters. The summed E-state index contributed by atoms with van der Waals surface area (Å²) >= 11 is 1.96. The van der Waals surface area contributed by atoms with Crippen LogP contribution in [-0.4, -0.2) is 38.4 Å². The van der Waals surface area contributed by atoms with Gasteiger partial charge in [-0.1, -0.05) is 12.1 Å². The minimum atomic E-state index is 0.363. The van der Waals surface area contributed by atoms with Gasteiger partial charge in [0.25, 0.3) is 0 Å². The van der Waals surface area contributed by atoms with Gasteiger partial charge < -0.3 is 14.8 Å². The quantitative estimate of drug-likeness (QED) is 0.832. The Hall–Kier alpha value is -0.710. The van der Waals surface area contributed by atoms with Gasteiger partial charge in [-0.05, 0) is 37.6 Å². The van der Waals surface area contributed by atoms with E-state index in [1.54, 1.807) is 7.11 Å². The average Bonchev–Trinajstić information content (AvgIpc) is 2.97. The van der Waals surface area contributed by atoms with Gasteiger partial charge in [0.2, 0.25) is 0 Å². The van der Waals surface area contributed by atoms with E-state index in [0.717, 1.165) is 23.9 Å². The summed E-state index contributed by atoms with van der Waals surface area (Å²) in [5, 5.41) is 3.38. The number of thioether (sulfide) groups is 1. The van der Waals surface area contributed by atoms with Crippen molar-refractivity contribution in [2.45, 2.75) is 25.0 Å². The molecule has 1 saturated heterocycles. The van der Waals surface area contributed by atoms with Crippen LogP contribution in [0.1, 0.15) is 24.4 Å². The minimum absolute atomic E-state index is 0.363. The number of nitrogens with one attached hydrogen (secondary N) is 1. The van der Waals surface area contributed by atoms with Gasteiger partial charge in [-0.15, -0.1) is 0 Å². The largest absolute Gasteiger partial charge is 0.497 e. The van der Waals surface area contributed by atoms with Gasteiger partial charge in [0.05, 0.1) is 13.2 Å². The highest BCUT2D eigenvalue weighted by Crippen LogP contribution is 2.24. The minimum Gasteiger partial charge on any atom is -0.497 e. The lowest BCUT2D eigenvalue weighted by molar-refractivity contribution is 0.129. The summed E-state index contributed by atoms with van der Waals surface area (Å²) in [6.45, 7) is 0.941. The van der Waals surface area contributed by atoms with Crippen LogP contribution in [0.4, 0.5) is 0 Å². The van der Waals surface area contributed by atoms with E-state index in [0.29, 0.717) is 12.1 Å². The molecule has 0 radical (unpaired) electrons. The van der Waals surface area contributed by atoms with Gasteiger partial charge in [0, 0.05) is 24.2 Å². The van der Waals surface area contributed by atoms with Crippen molar-refractivity contribution in [3.05, 3.63) is 29.8 Å². The highest BCUT2D eigenvalue weighted by atomic mass is 32.2. The van der Waals surface area contributed by atoms with Crippen LogP contribution in [0.3, 0.4) is 0 Å². The summed E-state index contributed by atoms with van der Waals surface area (Å²) in [6.07, 6.45) is 2.90. The van der Waals surface area contributed by atoms with Gasteiger partial charge in [0.1, 0.15) is 5.75 Å². The van der Waals surface area contributed by atoms with Crippen molar-refractivity contribution in [1.82, 2.24) is 5.32 Å². The average molecular weight is 281 g/mol. The Morgan fingerprint density at radius 2 is 2.42 bits per heavy atom. The van der Waals surface area contributed by atoms with E-state index in [1.165, 1.54) is 18.4 Å². The molecule has 106 valence electrons. The topological polar surface area (TPSA) is 30.5 Å². The zero-order valence-electron chi connectivity index (χ0n) is 11.7. The maximum atomic E-state index is 5.65. The van der Waals surface area contributed by atoms with Gasteiger partial charge in [-0.2, -0.15) is 11.8 Å². The van der Waals surface area contributed by atoms with E-state index < -0.39 is 0 Å². The zero-order valence-corrected chi connectivity index (χ0v) is 12.5. The number of rotatable bonds is 7. The first-order chi connectivity index (χ1) is 9.33. The van der Waals surface area contributed by atoms with E-state index in [4.69, 9.17) is 9.47 Å². The van der Waals surface area contributed by atoms with Gasteiger partial charge in [-0.25, -0.2) is 0 Å². The fraction of sp³-hybridized carbons (Fsp3) is 0.600. The molecule has 3 nitrogen and oxygen atoms in total. The second kappa shape index (κ2) is 7.78. The van der Waals surface area contributed by atoms with Crippen LogP contribution in [0.5, 0.6) is 5.75 Å². The zero-order chi connectivity index (χ0) is 13.5. The molecule has 1 heterocycles. The van der Waals surface area contributed by atoms with Crippen LogP contribution >= 0.6 is 11.8 Å². The predicted molar refractivity (Wildman–Crippen MR) is 81.1 cm³/mol. The van der Waals surface area contributed by atoms with Crippen LogP contribution in [0.2, 0.25) is 0 Å². The number of hydrogen-bond donors (Lipinski definition) is 1. The Kier molecular flexibility index (Phi) is 6.01. The third-order valence-corrected chi connectivity index (χ3v) is 4.63. The molecule has 1 fully saturated rings. The SMILES string of the molecule is CNC(CSCC1CCCO1)c1cccc(OC)c1. The molecule has 2 rings (SSSR count). The van der Waals surface area contributed by atoms with E-state index in [9.17, 15) is 0 Å². The van der Waals surface area contributed by atoms with Crippen LogP contribution in [0.15, 0.2) is 24.3 Å². The van der Waals surface area contributed by atoms with Crippen LogP contribution in [0, 0.1) is 0 Å². The number of benzene rings is 1. The number of hydrogen-bond acceptors (Lipinski definition) is 4. The van der Waals surface area contributed by atoms with Crippen LogP contribution in [0.25, 0.3) is 0 Å². The molecule has 0 aliphatic carbocycles. The Morgan fingerprint density at radius 1 is 1.53 bits per heavy atom. The second-order valence-electron chi connectivity index (χ2n) is 4.79. The van der Waals surface area contributed by atoms with Crippen molar-refractivity contribution < 1.29 is 9.47 Å². The molecule has 2 unspecified atom stereocenters. The Morgan fingerprint density at radius 3 is 3.11 bits per heavy atom. The highest BCUT2D eigenvalue weighted by molar-refractivity contribution is 7.99. The summed E-state index contributed by atoms with van der Waals surface area (Å²) in [7, 11) is 3.72. The van der Waals surface area contributed by atoms with Crippen molar-refractivity contribution in [3.63, 3.8) is 0 Å². The second-order valence-corrected chi connectivity index (χ2v) is 5.87. The third kappa shape index (κ3) is 4.41. The predicted octanol–water partition coefficient (Wildman–Crippen LogP) is 2.87. The lowest BCUT2D eigenvalue weighted by Crippen LogP contribution is -2.20. The molecule has 19 heavy (non-hydrogen) atoms. The Bertz CT molecular complexity index is 380. The van der Waals surface area contributed by atoms with Gasteiger partial charge in [0.15, 0.2) is 0 Å². The third-order valence-electron chi connectivity index (χ3n) is 3.46. The number of ether oxygens (including phenoxy) is 2. The Balaban J connectivity index is 1.84. The maximum Gasteiger partial charge on any atom is 0.119 e. The molecule has 0 saturated carbocycles. The molecule has 0 amide bonds. The molecule has 1 aromatic carbocycles. The van der Waals surface area contributed by atoms with Gasteiger partial charge >= 0.3 is 0 Å². The first kappa shape index (κ1) is 14.7. The van der Waals surface area contributed by atoms with Crippen molar-refractivity contribution in [2.75, 3.05) is 32.3 Å². The molecular weight excluding hydrogens is 258 g/mol. The monoisotopic (exact) mass is 281 g/mol. The molecule has 1 aliphatic rings. The molecular formula is C15H23NO2S. The summed E-state index contributed by atoms with van der Waals surface area (Å²) in [4.78, 5) is 0. The summed E-state index contributed by atoms with van der Waals surface area (Å²) < 4.78 is 10.9. The van der Waals surface area contributed by atoms with E-state index in [2.05, 4.69) is 17.4 Å². The van der Waals surface area contributed by atoms with Crippen LogP contribution in [-0.2, 0) is 4.74 Å². The lowest BCUT2D eigenvalue weighted by Gasteiger charge is -2.18. The van der Waals surface area contributed by atoms with E-state index in [1.807, 2.05) is 30.9 Å². The summed E-state index contributed by atoms with van der Waals surface area (Å²) in [5.41, 5.74) is 1.28. The molecule has 0 spiro atoms. The van der Waals surface area contributed by atoms with E-state index >= 15 is 0 Å². The maximum absolute atomic E-state index is 5.65. The molecule has 0 bridgehead atoms. The standard InChI is InChI=1S/C15H23NO2S/c1-16-15(11-19-10-14-7-4-8-18-14)12-5-3-6-13(9-12)17-2/h3,5-6,9,14-16H,4,7-8,10-11H2,1-2H3. The fourth-order valence-electron chi connectivity index (χ4n) is 2.30. The first-order valence-electron chi connectivity index (χ1n) is 6.84. The van der Waals surface area contributed by atoms with Crippen LogP contribution < -0.4 is 10.1 Å². The smallest absolute Gasteiger partial charge is 0.119 e. The fourth-order valence-corrected chi connectivity index (χ4v) is 3.55. The molecule has 1 aliphatic heterocycles. The molecule has 1 N–H and O–H groups in total. The molecule has 4 heteroatoms. The normalized spacial score (nSPS) is 20.4. The molecule has 0 aromatic heterocycles. The van der Waals surface area contributed by atoms with Crippen molar-refractivity contribution in [1.29, 1.82) is 0 Å². The molecule has 1 aromatic rings. The lowest BCUT2D eigenvalue weighted by atomic mass is 10.1. The van der Waals surface area contributed by atoms with Crippen molar-refractivity contribution in [3.8, 4) is 5.75 Å². The summed E-state index contributed by atoms with van der Waals surface area (Å²) in [5.74, 6) is 3.08. The van der Waals surface area contributed by atoms with Gasteiger partial charge in [-0.3, -0.25) is 0 Å².